The van der Waals surface area contributed by atoms with Gasteiger partial charge in [0.2, 0.25) is 0 Å². The Kier molecular flexibility index (Phi) is 3.47. The van der Waals surface area contributed by atoms with E-state index in [1.807, 2.05) is 19.1 Å². The van der Waals surface area contributed by atoms with E-state index in [-0.39, 0.29) is 0 Å². The summed E-state index contributed by atoms with van der Waals surface area (Å²) >= 11 is 0. The third kappa shape index (κ3) is 4.23. The Balaban J connectivity index is 2.35. The average molecular weight is 195 g/mol. The molecule has 0 spiro atoms. The molecule has 0 unspecified atom stereocenters. The summed E-state index contributed by atoms with van der Waals surface area (Å²) in [7, 11) is 0. The van der Waals surface area contributed by atoms with Crippen LogP contribution in [0.25, 0.3) is 0 Å². The van der Waals surface area contributed by atoms with Gasteiger partial charge < -0.3 is 9.84 Å². The summed E-state index contributed by atoms with van der Waals surface area (Å²) in [5, 5.41) is 9.44. The number of pyridine rings is 1. The minimum atomic E-state index is -0.669. The van der Waals surface area contributed by atoms with E-state index >= 15 is 0 Å². The van der Waals surface area contributed by atoms with Crippen LogP contribution in [-0.4, -0.2) is 22.3 Å². The van der Waals surface area contributed by atoms with Gasteiger partial charge in [-0.1, -0.05) is 0 Å². The highest BCUT2D eigenvalue weighted by atomic mass is 16.5. The summed E-state index contributed by atoms with van der Waals surface area (Å²) in [6.07, 6.45) is 2.31. The number of hydrogen-bond acceptors (Lipinski definition) is 3. The summed E-state index contributed by atoms with van der Waals surface area (Å²) in [5.74, 6) is 0.750. The third-order valence-electron chi connectivity index (χ3n) is 1.87. The van der Waals surface area contributed by atoms with Crippen molar-refractivity contribution in [1.29, 1.82) is 0 Å². The number of hydrogen-bond donors (Lipinski definition) is 1. The highest BCUT2D eigenvalue weighted by Crippen LogP contribution is 2.12. The summed E-state index contributed by atoms with van der Waals surface area (Å²) < 4.78 is 5.41. The minimum Gasteiger partial charge on any atom is -0.492 e. The molecule has 1 aromatic heterocycles. The van der Waals surface area contributed by atoms with Crippen molar-refractivity contribution in [2.75, 3.05) is 6.61 Å². The Morgan fingerprint density at radius 1 is 1.43 bits per heavy atom. The monoisotopic (exact) mass is 195 g/mol. The molecule has 0 bridgehead atoms. The van der Waals surface area contributed by atoms with Crippen molar-refractivity contribution < 1.29 is 9.84 Å². The molecule has 0 saturated heterocycles. The minimum absolute atomic E-state index is 0.508. The molecule has 0 aromatic carbocycles. The van der Waals surface area contributed by atoms with Crippen molar-refractivity contribution in [3.8, 4) is 5.75 Å². The standard InChI is InChI=1S/C11H17NO2/c1-9-4-5-10(8-12-9)14-7-6-11(2,3)13/h4-5,8,13H,6-7H2,1-3H3. The summed E-state index contributed by atoms with van der Waals surface area (Å²) in [5.41, 5.74) is 0.304. The molecule has 3 heteroatoms. The van der Waals surface area contributed by atoms with Crippen LogP contribution in [0, 0.1) is 6.92 Å². The fourth-order valence-corrected chi connectivity index (χ4v) is 0.958. The summed E-state index contributed by atoms with van der Waals surface area (Å²) in [6, 6.07) is 3.78. The van der Waals surface area contributed by atoms with E-state index in [1.54, 1.807) is 20.0 Å². The second-order valence-corrected chi connectivity index (χ2v) is 4.05. The maximum atomic E-state index is 9.44. The fraction of sp³-hybridized carbons (Fsp3) is 0.545. The number of nitrogens with zero attached hydrogens (tertiary/aromatic N) is 1. The number of rotatable bonds is 4. The summed E-state index contributed by atoms with van der Waals surface area (Å²) in [6.45, 7) is 5.97. The molecule has 0 aliphatic rings. The van der Waals surface area contributed by atoms with Gasteiger partial charge in [-0.3, -0.25) is 4.98 Å². The Morgan fingerprint density at radius 2 is 2.14 bits per heavy atom. The van der Waals surface area contributed by atoms with Crippen LogP contribution in [-0.2, 0) is 0 Å². The van der Waals surface area contributed by atoms with Gasteiger partial charge in [-0.2, -0.15) is 0 Å². The van der Waals surface area contributed by atoms with Crippen LogP contribution in [0.5, 0.6) is 5.75 Å². The van der Waals surface area contributed by atoms with Crippen LogP contribution < -0.4 is 4.74 Å². The predicted molar refractivity (Wildman–Crippen MR) is 55.4 cm³/mol. The second kappa shape index (κ2) is 4.42. The molecule has 0 saturated carbocycles. The van der Waals surface area contributed by atoms with Gasteiger partial charge in [-0.25, -0.2) is 0 Å². The van der Waals surface area contributed by atoms with Crippen LogP contribution in [0.15, 0.2) is 18.3 Å². The Bertz CT molecular complexity index is 274. The Hall–Kier alpha value is -1.09. The zero-order chi connectivity index (χ0) is 10.6. The van der Waals surface area contributed by atoms with Crippen LogP contribution in [0.3, 0.4) is 0 Å². The molecule has 0 amide bonds. The Morgan fingerprint density at radius 3 is 2.64 bits per heavy atom. The van der Waals surface area contributed by atoms with E-state index in [9.17, 15) is 5.11 Å². The molecule has 0 radical (unpaired) electrons. The lowest BCUT2D eigenvalue weighted by molar-refractivity contribution is 0.0553. The second-order valence-electron chi connectivity index (χ2n) is 4.05. The van der Waals surface area contributed by atoms with Crippen LogP contribution >= 0.6 is 0 Å². The van der Waals surface area contributed by atoms with Crippen molar-refractivity contribution in [1.82, 2.24) is 4.98 Å². The molecule has 1 N–H and O–H groups in total. The largest absolute Gasteiger partial charge is 0.492 e. The predicted octanol–water partition coefficient (Wildman–Crippen LogP) is 1.93. The van der Waals surface area contributed by atoms with E-state index in [1.165, 1.54) is 0 Å². The molecule has 14 heavy (non-hydrogen) atoms. The van der Waals surface area contributed by atoms with E-state index < -0.39 is 5.60 Å². The zero-order valence-electron chi connectivity index (χ0n) is 8.95. The van der Waals surface area contributed by atoms with E-state index in [4.69, 9.17) is 4.74 Å². The lowest BCUT2D eigenvalue weighted by Crippen LogP contribution is -2.21. The molecule has 0 atom stereocenters. The first-order chi connectivity index (χ1) is 6.47. The van der Waals surface area contributed by atoms with Gasteiger partial charge in [0.1, 0.15) is 5.75 Å². The van der Waals surface area contributed by atoms with Crippen molar-refractivity contribution in [3.05, 3.63) is 24.0 Å². The molecule has 1 rings (SSSR count). The Labute approximate surface area is 84.7 Å². The maximum Gasteiger partial charge on any atom is 0.137 e. The SMILES string of the molecule is Cc1ccc(OCCC(C)(C)O)cn1. The van der Waals surface area contributed by atoms with Crippen molar-refractivity contribution in [2.24, 2.45) is 0 Å². The molecule has 0 aliphatic heterocycles. The lowest BCUT2D eigenvalue weighted by Gasteiger charge is -2.16. The number of ether oxygens (including phenoxy) is 1. The molecule has 3 nitrogen and oxygen atoms in total. The molecule has 1 heterocycles. The van der Waals surface area contributed by atoms with E-state index in [0.717, 1.165) is 11.4 Å². The number of aliphatic hydroxyl groups is 1. The van der Waals surface area contributed by atoms with E-state index in [0.29, 0.717) is 13.0 Å². The van der Waals surface area contributed by atoms with Crippen molar-refractivity contribution in [2.45, 2.75) is 32.8 Å². The van der Waals surface area contributed by atoms with Gasteiger partial charge in [0.05, 0.1) is 18.4 Å². The van der Waals surface area contributed by atoms with Gasteiger partial charge in [0.15, 0.2) is 0 Å². The first-order valence-corrected chi connectivity index (χ1v) is 4.75. The molecule has 1 aromatic rings. The van der Waals surface area contributed by atoms with Crippen molar-refractivity contribution >= 4 is 0 Å². The van der Waals surface area contributed by atoms with Crippen LogP contribution in [0.1, 0.15) is 26.0 Å². The highest BCUT2D eigenvalue weighted by molar-refractivity contribution is 5.18. The quantitative estimate of drug-likeness (QED) is 0.798. The summed E-state index contributed by atoms with van der Waals surface area (Å²) in [4.78, 5) is 4.11. The van der Waals surface area contributed by atoms with Crippen molar-refractivity contribution in [3.63, 3.8) is 0 Å². The van der Waals surface area contributed by atoms with Gasteiger partial charge in [-0.05, 0) is 32.9 Å². The average Bonchev–Trinajstić information content (AvgIpc) is 2.06. The van der Waals surface area contributed by atoms with Gasteiger partial charge in [-0.15, -0.1) is 0 Å². The number of aryl methyl sites for hydroxylation is 1. The first kappa shape index (κ1) is 11.0. The van der Waals surface area contributed by atoms with E-state index in [2.05, 4.69) is 4.98 Å². The molecule has 0 fully saturated rings. The smallest absolute Gasteiger partial charge is 0.137 e. The topological polar surface area (TPSA) is 42.4 Å². The highest BCUT2D eigenvalue weighted by Gasteiger charge is 2.11. The van der Waals surface area contributed by atoms with Crippen LogP contribution in [0.4, 0.5) is 0 Å². The molecular formula is C11H17NO2. The molecule has 78 valence electrons. The van der Waals surface area contributed by atoms with Gasteiger partial charge in [0.25, 0.3) is 0 Å². The normalized spacial score (nSPS) is 11.4. The fourth-order valence-electron chi connectivity index (χ4n) is 0.958. The lowest BCUT2D eigenvalue weighted by atomic mass is 10.1. The first-order valence-electron chi connectivity index (χ1n) is 4.75. The molecule has 0 aliphatic carbocycles. The zero-order valence-corrected chi connectivity index (χ0v) is 8.95. The van der Waals surface area contributed by atoms with Gasteiger partial charge >= 0.3 is 0 Å². The molecular weight excluding hydrogens is 178 g/mol. The van der Waals surface area contributed by atoms with Gasteiger partial charge in [0, 0.05) is 12.1 Å². The van der Waals surface area contributed by atoms with Crippen LogP contribution in [0.2, 0.25) is 0 Å². The number of aromatic nitrogens is 1. The maximum absolute atomic E-state index is 9.44. The third-order valence-corrected chi connectivity index (χ3v) is 1.87.